The molecule has 7 nitrogen and oxygen atoms in total. The van der Waals surface area contributed by atoms with Gasteiger partial charge in [0.05, 0.1) is 0 Å². The van der Waals surface area contributed by atoms with Crippen molar-refractivity contribution in [2.75, 3.05) is 13.1 Å². The van der Waals surface area contributed by atoms with E-state index >= 15 is 0 Å². The third-order valence-corrected chi connectivity index (χ3v) is 3.98. The lowest BCUT2D eigenvalue weighted by Gasteiger charge is -2.20. The summed E-state index contributed by atoms with van der Waals surface area (Å²) in [5, 5.41) is 8.53. The summed E-state index contributed by atoms with van der Waals surface area (Å²) in [4.78, 5) is 34.6. The van der Waals surface area contributed by atoms with E-state index in [9.17, 15) is 14.4 Å². The van der Waals surface area contributed by atoms with Crippen molar-refractivity contribution in [2.45, 2.75) is 84.7 Å². The highest BCUT2D eigenvalue weighted by molar-refractivity contribution is 5.89. The van der Waals surface area contributed by atoms with Crippen LogP contribution in [-0.4, -0.2) is 46.5 Å². The Morgan fingerprint density at radius 1 is 1.06 bits per heavy atom. The molecule has 0 saturated heterocycles. The van der Waals surface area contributed by atoms with Gasteiger partial charge < -0.3 is 20.5 Å². The first-order valence-corrected chi connectivity index (χ1v) is 10.9. The van der Waals surface area contributed by atoms with E-state index in [1.807, 2.05) is 20.8 Å². The van der Waals surface area contributed by atoms with Crippen LogP contribution in [0.5, 0.6) is 0 Å². The molecule has 0 aliphatic rings. The summed E-state index contributed by atoms with van der Waals surface area (Å²) in [5.41, 5.74) is 5.37. The number of carbonyl (C=O) groups excluding carboxylic acids is 2. The van der Waals surface area contributed by atoms with Crippen LogP contribution >= 0.6 is 0 Å². The molecule has 1 amide bonds. The molecule has 0 aliphatic carbocycles. The summed E-state index contributed by atoms with van der Waals surface area (Å²) in [7, 11) is 0. The average molecular weight is 439 g/mol. The zero-order valence-electron chi connectivity index (χ0n) is 19.8. The number of unbranched alkanes of at least 4 members (excludes halogenated alkanes) is 5. The van der Waals surface area contributed by atoms with Crippen molar-refractivity contribution in [3.63, 3.8) is 0 Å². The molecule has 0 aliphatic heterocycles. The maximum Gasteiger partial charge on any atom is 0.333 e. The number of aliphatic carboxylic acids is 1. The van der Waals surface area contributed by atoms with Crippen molar-refractivity contribution in [1.29, 1.82) is 0 Å². The van der Waals surface area contributed by atoms with Crippen molar-refractivity contribution < 1.29 is 24.2 Å². The van der Waals surface area contributed by atoms with E-state index in [2.05, 4.69) is 20.1 Å². The minimum Gasteiger partial charge on any atom is -0.478 e. The molecular formula is C24H42N2O5. The molecule has 0 rings (SSSR count). The lowest BCUT2D eigenvalue weighted by molar-refractivity contribution is -0.150. The number of rotatable bonds is 14. The van der Waals surface area contributed by atoms with Crippen molar-refractivity contribution in [1.82, 2.24) is 4.90 Å². The summed E-state index contributed by atoms with van der Waals surface area (Å²) < 4.78 is 5.12. The number of esters is 1. The molecule has 0 spiro atoms. The van der Waals surface area contributed by atoms with Gasteiger partial charge in [0.25, 0.3) is 0 Å². The molecule has 7 heteroatoms. The lowest BCUT2D eigenvalue weighted by atomic mass is 10.1. The fourth-order valence-corrected chi connectivity index (χ4v) is 2.36. The molecule has 0 unspecified atom stereocenters. The van der Waals surface area contributed by atoms with Gasteiger partial charge in [-0.1, -0.05) is 52.2 Å². The molecule has 0 heterocycles. The number of amides is 1. The number of carboxylic acid groups (broad SMARTS) is 1. The number of ether oxygens (including phenoxy) is 1. The maximum absolute atomic E-state index is 11.5. The van der Waals surface area contributed by atoms with Gasteiger partial charge >= 0.3 is 11.9 Å². The Morgan fingerprint density at radius 2 is 1.65 bits per heavy atom. The highest BCUT2D eigenvalue weighted by atomic mass is 16.6. The molecule has 0 fully saturated rings. The largest absolute Gasteiger partial charge is 0.478 e. The van der Waals surface area contributed by atoms with E-state index in [-0.39, 0.29) is 11.9 Å². The van der Waals surface area contributed by atoms with Gasteiger partial charge in [-0.15, -0.1) is 0 Å². The summed E-state index contributed by atoms with van der Waals surface area (Å²) >= 11 is 0. The average Bonchev–Trinajstić information content (AvgIpc) is 2.69. The van der Waals surface area contributed by atoms with Gasteiger partial charge in [-0.25, -0.2) is 9.59 Å². The predicted molar refractivity (Wildman–Crippen MR) is 125 cm³/mol. The van der Waals surface area contributed by atoms with Crippen LogP contribution in [0.25, 0.3) is 0 Å². The molecule has 178 valence electrons. The Bertz CT molecular complexity index is 591. The number of hydrogen-bond acceptors (Lipinski definition) is 5. The summed E-state index contributed by atoms with van der Waals surface area (Å²) in [6.07, 6.45) is 11.6. The molecule has 0 aromatic heterocycles. The first-order valence-electron chi connectivity index (χ1n) is 10.9. The quantitative estimate of drug-likeness (QED) is 0.233. The number of carboxylic acids is 1. The fraction of sp³-hybridized carbons (Fsp3) is 0.625. The van der Waals surface area contributed by atoms with Gasteiger partial charge in [0.1, 0.15) is 5.60 Å². The number of carbonyl (C=O) groups is 3. The third-order valence-electron chi connectivity index (χ3n) is 3.98. The summed E-state index contributed by atoms with van der Waals surface area (Å²) in [5.74, 6) is -1.64. The zero-order chi connectivity index (χ0) is 24.3. The monoisotopic (exact) mass is 438 g/mol. The minimum atomic E-state index is -1.06. The van der Waals surface area contributed by atoms with Gasteiger partial charge in [0.15, 0.2) is 0 Å². The van der Waals surface area contributed by atoms with Gasteiger partial charge in [0, 0.05) is 24.4 Å². The van der Waals surface area contributed by atoms with Crippen molar-refractivity contribution in [3.8, 4) is 0 Å². The molecule has 0 bridgehead atoms. The van der Waals surface area contributed by atoms with Crippen LogP contribution in [0.15, 0.2) is 37.1 Å². The second-order valence-corrected chi connectivity index (χ2v) is 8.16. The van der Waals surface area contributed by atoms with Crippen LogP contribution in [0.3, 0.4) is 0 Å². The minimum absolute atomic E-state index is 0.263. The number of nitrogens with two attached hydrogens (primary N) is 1. The zero-order valence-corrected chi connectivity index (χ0v) is 19.8. The predicted octanol–water partition coefficient (Wildman–Crippen LogP) is 4.58. The lowest BCUT2D eigenvalue weighted by Crippen LogP contribution is -2.25. The molecular weight excluding hydrogens is 396 g/mol. The second-order valence-electron chi connectivity index (χ2n) is 8.16. The third kappa shape index (κ3) is 20.6. The standard InChI is InChI=1S/C14H23NO3.C10H19NO2/c1-3-5-6-7-8-9-11-15(13(16)4-2)12-10-14(17)18;1-8(6-5-7-11)9(12)13-10(2,3)4/h4,10,12H,2-3,5-9,11H2,1H3,(H,17,18);1,5-7,11H2,2-4H3. The molecule has 3 N–H and O–H groups in total. The van der Waals surface area contributed by atoms with Gasteiger partial charge in [-0.3, -0.25) is 4.79 Å². The molecule has 0 atom stereocenters. The smallest absolute Gasteiger partial charge is 0.333 e. The summed E-state index contributed by atoms with van der Waals surface area (Å²) in [6, 6.07) is 0. The van der Waals surface area contributed by atoms with E-state index in [4.69, 9.17) is 15.6 Å². The molecule has 0 aromatic carbocycles. The first-order chi connectivity index (χ1) is 14.5. The van der Waals surface area contributed by atoms with E-state index in [1.54, 1.807) is 0 Å². The first kappa shape index (κ1) is 30.8. The van der Waals surface area contributed by atoms with E-state index in [0.29, 0.717) is 25.1 Å². The number of nitrogens with zero attached hydrogens (tertiary/aromatic N) is 1. The maximum atomic E-state index is 11.5. The van der Waals surface area contributed by atoms with E-state index < -0.39 is 11.6 Å². The Kier molecular flexibility index (Phi) is 18.2. The van der Waals surface area contributed by atoms with Gasteiger partial charge in [0.2, 0.25) is 5.91 Å². The summed E-state index contributed by atoms with van der Waals surface area (Å²) in [6.45, 7) is 15.8. The topological polar surface area (TPSA) is 110 Å². The van der Waals surface area contributed by atoms with Crippen molar-refractivity contribution in [3.05, 3.63) is 37.1 Å². The Balaban J connectivity index is 0. The van der Waals surface area contributed by atoms with Crippen LogP contribution < -0.4 is 5.73 Å². The van der Waals surface area contributed by atoms with Crippen LogP contribution in [0.1, 0.15) is 79.1 Å². The highest BCUT2D eigenvalue weighted by Gasteiger charge is 2.17. The van der Waals surface area contributed by atoms with Crippen molar-refractivity contribution in [2.24, 2.45) is 5.73 Å². The Hall–Kier alpha value is -2.41. The van der Waals surface area contributed by atoms with Gasteiger partial charge in [-0.2, -0.15) is 0 Å². The fourth-order valence-electron chi connectivity index (χ4n) is 2.36. The van der Waals surface area contributed by atoms with E-state index in [1.165, 1.54) is 36.4 Å². The van der Waals surface area contributed by atoms with Crippen LogP contribution in [0.2, 0.25) is 0 Å². The van der Waals surface area contributed by atoms with Gasteiger partial charge in [-0.05, 0) is 52.7 Å². The highest BCUT2D eigenvalue weighted by Crippen LogP contribution is 2.12. The van der Waals surface area contributed by atoms with E-state index in [0.717, 1.165) is 31.8 Å². The molecule has 0 aromatic rings. The second kappa shape index (κ2) is 18.4. The SMILES string of the molecule is C=C(CCCN)C(=O)OC(C)(C)C.C=CC(=O)N(C=CC(=O)O)CCCCCCCC. The normalized spacial score (nSPS) is 10.7. The van der Waals surface area contributed by atoms with Crippen molar-refractivity contribution >= 4 is 17.8 Å². The Morgan fingerprint density at radius 3 is 2.13 bits per heavy atom. The Labute approximate surface area is 188 Å². The van der Waals surface area contributed by atoms with Crippen LogP contribution in [0.4, 0.5) is 0 Å². The molecule has 31 heavy (non-hydrogen) atoms. The number of hydrogen-bond donors (Lipinski definition) is 2. The molecule has 0 saturated carbocycles. The van der Waals surface area contributed by atoms with Crippen LogP contribution in [-0.2, 0) is 19.1 Å². The molecule has 0 radical (unpaired) electrons. The van der Waals surface area contributed by atoms with Crippen LogP contribution in [0, 0.1) is 0 Å².